The van der Waals surface area contributed by atoms with E-state index in [1.54, 1.807) is 11.3 Å². The quantitative estimate of drug-likeness (QED) is 0.496. The summed E-state index contributed by atoms with van der Waals surface area (Å²) in [7, 11) is 0. The summed E-state index contributed by atoms with van der Waals surface area (Å²) in [5, 5.41) is 3.90. The molecule has 0 aliphatic rings. The van der Waals surface area contributed by atoms with E-state index in [0.29, 0.717) is 11.6 Å². The zero-order chi connectivity index (χ0) is 14.3. The fourth-order valence-corrected chi connectivity index (χ4v) is 4.93. The van der Waals surface area contributed by atoms with Crippen LogP contribution in [0.4, 0.5) is 5.82 Å². The molecular formula is C13H7Br3N2OS. The molecule has 0 fully saturated rings. The van der Waals surface area contributed by atoms with Crippen molar-refractivity contribution >= 4 is 64.9 Å². The average Bonchev–Trinajstić information content (AvgIpc) is 2.93. The number of hydrogen-bond acceptors (Lipinski definition) is 4. The molecule has 0 bridgehead atoms. The van der Waals surface area contributed by atoms with Gasteiger partial charge in [0.15, 0.2) is 11.6 Å². The predicted octanol–water partition coefficient (Wildman–Crippen LogP) is 5.94. The molecule has 0 atom stereocenters. The van der Waals surface area contributed by atoms with Crippen LogP contribution < -0.4 is 5.73 Å². The minimum Gasteiger partial charge on any atom is -0.380 e. The summed E-state index contributed by atoms with van der Waals surface area (Å²) < 4.78 is 8.42. The summed E-state index contributed by atoms with van der Waals surface area (Å²) in [6.45, 7) is 0. The lowest BCUT2D eigenvalue weighted by atomic mass is 10.0. The van der Waals surface area contributed by atoms with Crippen LogP contribution >= 0.6 is 59.1 Å². The second kappa shape index (κ2) is 5.63. The molecule has 102 valence electrons. The van der Waals surface area contributed by atoms with Gasteiger partial charge in [-0.05, 0) is 55.6 Å². The molecule has 0 aliphatic carbocycles. The monoisotopic (exact) mass is 476 g/mol. The standard InChI is InChI=1S/C13H7Br3N2OS/c14-7-3-1-6(2-4-7)10-11(19-18-13(10)17)8-5-9(15)20-12(8)16/h1-5H,(H2,17,18). The Balaban J connectivity index is 2.19. The van der Waals surface area contributed by atoms with Crippen LogP contribution in [0.1, 0.15) is 0 Å². The molecule has 20 heavy (non-hydrogen) atoms. The van der Waals surface area contributed by atoms with E-state index in [0.717, 1.165) is 28.7 Å². The van der Waals surface area contributed by atoms with Crippen molar-refractivity contribution in [3.05, 3.63) is 42.4 Å². The third-order valence-electron chi connectivity index (χ3n) is 2.75. The summed E-state index contributed by atoms with van der Waals surface area (Å²) in [6.07, 6.45) is 0. The molecule has 0 saturated heterocycles. The van der Waals surface area contributed by atoms with Crippen molar-refractivity contribution in [1.82, 2.24) is 5.16 Å². The van der Waals surface area contributed by atoms with E-state index in [1.807, 2.05) is 30.3 Å². The van der Waals surface area contributed by atoms with Crippen LogP contribution in [0.5, 0.6) is 0 Å². The number of nitrogen functional groups attached to an aromatic ring is 1. The van der Waals surface area contributed by atoms with E-state index >= 15 is 0 Å². The van der Waals surface area contributed by atoms with Gasteiger partial charge < -0.3 is 10.3 Å². The second-order valence-corrected chi connectivity index (χ2v) is 8.68. The highest BCUT2D eigenvalue weighted by Gasteiger charge is 2.21. The third kappa shape index (κ3) is 2.59. The van der Waals surface area contributed by atoms with E-state index in [9.17, 15) is 0 Å². The largest absolute Gasteiger partial charge is 0.380 e. The Labute approximate surface area is 144 Å². The first-order valence-electron chi connectivity index (χ1n) is 5.52. The molecule has 3 rings (SSSR count). The summed E-state index contributed by atoms with van der Waals surface area (Å²) in [4.78, 5) is 0. The Hall–Kier alpha value is -0.630. The zero-order valence-corrected chi connectivity index (χ0v) is 15.4. The number of aromatic nitrogens is 1. The molecule has 0 unspecified atom stereocenters. The maximum atomic E-state index is 5.97. The Morgan fingerprint density at radius 3 is 2.40 bits per heavy atom. The lowest BCUT2D eigenvalue weighted by molar-refractivity contribution is 0.436. The van der Waals surface area contributed by atoms with Crippen molar-refractivity contribution in [2.24, 2.45) is 0 Å². The molecule has 0 radical (unpaired) electrons. The molecule has 0 amide bonds. The van der Waals surface area contributed by atoms with Crippen molar-refractivity contribution in [2.45, 2.75) is 0 Å². The normalized spacial score (nSPS) is 10.9. The second-order valence-electron chi connectivity index (χ2n) is 4.02. The van der Waals surface area contributed by atoms with Gasteiger partial charge in [0.2, 0.25) is 0 Å². The summed E-state index contributed by atoms with van der Waals surface area (Å²) in [5.74, 6) is 1.05. The van der Waals surface area contributed by atoms with Gasteiger partial charge in [-0.1, -0.05) is 33.2 Å². The Bertz CT molecular complexity index is 765. The highest BCUT2D eigenvalue weighted by atomic mass is 79.9. The smallest absolute Gasteiger partial charge is 0.178 e. The average molecular weight is 479 g/mol. The molecular weight excluding hydrogens is 472 g/mol. The summed E-state index contributed by atoms with van der Waals surface area (Å²) >= 11 is 12.0. The van der Waals surface area contributed by atoms with E-state index in [2.05, 4.69) is 52.9 Å². The number of halogens is 3. The van der Waals surface area contributed by atoms with Gasteiger partial charge in [-0.2, -0.15) is 0 Å². The molecule has 3 aromatic rings. The van der Waals surface area contributed by atoms with Crippen LogP contribution in [-0.2, 0) is 0 Å². The Kier molecular flexibility index (Phi) is 4.03. The fraction of sp³-hybridized carbons (Fsp3) is 0. The van der Waals surface area contributed by atoms with Gasteiger partial charge in [0.25, 0.3) is 0 Å². The predicted molar refractivity (Wildman–Crippen MR) is 92.8 cm³/mol. The molecule has 2 N–H and O–H groups in total. The van der Waals surface area contributed by atoms with E-state index in [1.165, 1.54) is 0 Å². The van der Waals surface area contributed by atoms with Crippen molar-refractivity contribution in [3.63, 3.8) is 0 Å². The van der Waals surface area contributed by atoms with Crippen LogP contribution in [0.2, 0.25) is 0 Å². The van der Waals surface area contributed by atoms with Crippen molar-refractivity contribution in [2.75, 3.05) is 5.73 Å². The van der Waals surface area contributed by atoms with Gasteiger partial charge in [-0.15, -0.1) is 11.3 Å². The van der Waals surface area contributed by atoms with Gasteiger partial charge in [-0.3, -0.25) is 0 Å². The first-order valence-corrected chi connectivity index (χ1v) is 8.72. The van der Waals surface area contributed by atoms with Gasteiger partial charge >= 0.3 is 0 Å². The topological polar surface area (TPSA) is 52.0 Å². The van der Waals surface area contributed by atoms with Crippen molar-refractivity contribution < 1.29 is 4.52 Å². The van der Waals surface area contributed by atoms with Crippen LogP contribution in [0, 0.1) is 0 Å². The number of hydrogen-bond donors (Lipinski definition) is 1. The molecule has 3 nitrogen and oxygen atoms in total. The van der Waals surface area contributed by atoms with Crippen LogP contribution in [-0.4, -0.2) is 5.16 Å². The first-order chi connectivity index (χ1) is 9.56. The number of anilines is 1. The number of benzene rings is 1. The number of nitrogens with two attached hydrogens (primary N) is 1. The highest BCUT2D eigenvalue weighted by Crippen LogP contribution is 2.44. The molecule has 7 heteroatoms. The zero-order valence-electron chi connectivity index (χ0n) is 9.86. The van der Waals surface area contributed by atoms with Gasteiger partial charge in [0.05, 0.1) is 13.1 Å². The maximum Gasteiger partial charge on any atom is 0.178 e. The number of nitrogens with zero attached hydrogens (tertiary/aromatic N) is 1. The minimum atomic E-state index is 0.386. The van der Waals surface area contributed by atoms with Gasteiger partial charge in [0, 0.05) is 10.0 Å². The maximum absolute atomic E-state index is 5.97. The number of rotatable bonds is 2. The molecule has 0 spiro atoms. The number of thiophene rings is 1. The van der Waals surface area contributed by atoms with E-state index in [-0.39, 0.29) is 0 Å². The lowest BCUT2D eigenvalue weighted by Gasteiger charge is -2.02. The summed E-state index contributed by atoms with van der Waals surface area (Å²) in [6, 6.07) is 9.86. The van der Waals surface area contributed by atoms with E-state index < -0.39 is 0 Å². The Morgan fingerprint density at radius 2 is 1.80 bits per heavy atom. The van der Waals surface area contributed by atoms with Crippen LogP contribution in [0.15, 0.2) is 46.9 Å². The fourth-order valence-electron chi connectivity index (χ4n) is 1.88. The third-order valence-corrected chi connectivity index (χ3v) is 5.62. The first kappa shape index (κ1) is 14.3. The molecule has 0 saturated carbocycles. The molecule has 2 aromatic heterocycles. The molecule has 0 aliphatic heterocycles. The summed E-state index contributed by atoms with van der Waals surface area (Å²) in [5.41, 5.74) is 8.68. The van der Waals surface area contributed by atoms with Gasteiger partial charge in [0.1, 0.15) is 0 Å². The SMILES string of the molecule is Nc1noc(-c2cc(Br)sc2Br)c1-c1ccc(Br)cc1. The van der Waals surface area contributed by atoms with Gasteiger partial charge in [-0.25, -0.2) is 0 Å². The molecule has 2 heterocycles. The highest BCUT2D eigenvalue weighted by molar-refractivity contribution is 9.12. The minimum absolute atomic E-state index is 0.386. The van der Waals surface area contributed by atoms with Crippen molar-refractivity contribution in [1.29, 1.82) is 0 Å². The molecule has 1 aromatic carbocycles. The van der Waals surface area contributed by atoms with Crippen molar-refractivity contribution in [3.8, 4) is 22.5 Å². The van der Waals surface area contributed by atoms with E-state index in [4.69, 9.17) is 10.3 Å². The van der Waals surface area contributed by atoms with Crippen LogP contribution in [0.25, 0.3) is 22.5 Å². The Morgan fingerprint density at radius 1 is 1.10 bits per heavy atom. The van der Waals surface area contributed by atoms with Crippen LogP contribution in [0.3, 0.4) is 0 Å². The lowest BCUT2D eigenvalue weighted by Crippen LogP contribution is -1.88.